The first-order chi connectivity index (χ1) is 8.97. The van der Waals surface area contributed by atoms with Gasteiger partial charge in [-0.25, -0.2) is 17.9 Å². The van der Waals surface area contributed by atoms with E-state index in [-0.39, 0.29) is 27.4 Å². The molecule has 8 heteroatoms. The normalized spacial score (nSPS) is 12.9. The lowest BCUT2D eigenvalue weighted by Crippen LogP contribution is -2.36. The van der Waals surface area contributed by atoms with Crippen LogP contribution in [0, 0.1) is 11.3 Å². The molecular weight excluding hydrogens is 350 g/mol. The van der Waals surface area contributed by atoms with Crippen molar-refractivity contribution in [2.75, 3.05) is 6.54 Å². The predicted octanol–water partition coefficient (Wildman–Crippen LogP) is 2.70. The Balaban J connectivity index is 2.98. The molecule has 20 heavy (non-hydrogen) atoms. The van der Waals surface area contributed by atoms with Gasteiger partial charge in [0.2, 0.25) is 15.8 Å². The summed E-state index contributed by atoms with van der Waals surface area (Å²) in [4.78, 5) is 10.6. The average molecular weight is 368 g/mol. The monoisotopic (exact) mass is 367 g/mol. The Morgan fingerprint density at radius 3 is 2.45 bits per heavy atom. The fourth-order valence-electron chi connectivity index (χ4n) is 1.20. The van der Waals surface area contributed by atoms with Crippen LogP contribution < -0.4 is 4.72 Å². The Morgan fingerprint density at radius 2 is 2.05 bits per heavy atom. The van der Waals surface area contributed by atoms with E-state index in [0.717, 1.165) is 6.07 Å². The van der Waals surface area contributed by atoms with Crippen molar-refractivity contribution in [1.82, 2.24) is 4.72 Å². The van der Waals surface area contributed by atoms with Gasteiger partial charge < -0.3 is 9.52 Å². The molecule has 2 N–H and O–H groups in total. The summed E-state index contributed by atoms with van der Waals surface area (Å²) in [6.07, 6.45) is 0. The highest BCUT2D eigenvalue weighted by Gasteiger charge is 2.29. The van der Waals surface area contributed by atoms with E-state index in [1.165, 1.54) is 0 Å². The number of sulfonamides is 1. The van der Waals surface area contributed by atoms with Crippen molar-refractivity contribution in [3.05, 3.63) is 16.5 Å². The fraction of sp³-hybridized carbons (Fsp3) is 0.583. The van der Waals surface area contributed by atoms with E-state index in [1.807, 2.05) is 27.7 Å². The zero-order valence-corrected chi connectivity index (χ0v) is 14.1. The highest BCUT2D eigenvalue weighted by molar-refractivity contribution is 9.10. The number of rotatable bonds is 6. The summed E-state index contributed by atoms with van der Waals surface area (Å²) in [6, 6.07) is 0.983. The van der Waals surface area contributed by atoms with Crippen LogP contribution in [0.1, 0.15) is 38.2 Å². The summed E-state index contributed by atoms with van der Waals surface area (Å²) in [6.45, 7) is 8.16. The minimum absolute atomic E-state index is 0.121. The summed E-state index contributed by atoms with van der Waals surface area (Å²) >= 11 is 2.92. The molecule has 0 radical (unpaired) electrons. The maximum Gasteiger partial charge on any atom is 0.371 e. The molecule has 0 aromatic carbocycles. The van der Waals surface area contributed by atoms with Gasteiger partial charge in [0.25, 0.3) is 0 Å². The maximum absolute atomic E-state index is 12.2. The van der Waals surface area contributed by atoms with Gasteiger partial charge in [0.1, 0.15) is 4.90 Å². The Hall–Kier alpha value is -0.860. The molecule has 1 aromatic rings. The van der Waals surface area contributed by atoms with Gasteiger partial charge in [0, 0.05) is 12.6 Å². The minimum Gasteiger partial charge on any atom is -0.475 e. The van der Waals surface area contributed by atoms with Gasteiger partial charge in [-0.15, -0.1) is 0 Å². The molecule has 0 amide bonds. The summed E-state index contributed by atoms with van der Waals surface area (Å²) in [7, 11) is -3.82. The zero-order valence-electron chi connectivity index (χ0n) is 11.7. The van der Waals surface area contributed by atoms with Crippen LogP contribution in [0.25, 0.3) is 0 Å². The lowest BCUT2D eigenvalue weighted by Gasteiger charge is -2.29. The van der Waals surface area contributed by atoms with Crippen LogP contribution >= 0.6 is 15.9 Å². The highest BCUT2D eigenvalue weighted by atomic mass is 79.9. The predicted molar refractivity (Wildman–Crippen MR) is 77.2 cm³/mol. The number of carbonyl (C=O) groups is 1. The summed E-state index contributed by atoms with van der Waals surface area (Å²) in [5.74, 6) is -1.47. The smallest absolute Gasteiger partial charge is 0.371 e. The molecule has 0 aliphatic rings. The lowest BCUT2D eigenvalue weighted by molar-refractivity contribution is 0.0661. The molecular formula is C12H18BrNO5S. The van der Waals surface area contributed by atoms with Gasteiger partial charge in [-0.05, 0) is 27.3 Å². The molecule has 0 saturated heterocycles. The van der Waals surface area contributed by atoms with Gasteiger partial charge in [-0.1, -0.05) is 27.7 Å². The number of halogens is 1. The second-order valence-corrected chi connectivity index (χ2v) is 7.98. The number of carboxylic acids is 1. The zero-order chi connectivity index (χ0) is 15.7. The van der Waals surface area contributed by atoms with E-state index >= 15 is 0 Å². The van der Waals surface area contributed by atoms with Crippen LogP contribution in [-0.4, -0.2) is 26.0 Å². The van der Waals surface area contributed by atoms with E-state index in [2.05, 4.69) is 20.7 Å². The molecule has 1 heterocycles. The summed E-state index contributed by atoms with van der Waals surface area (Å²) < 4.78 is 31.5. The highest BCUT2D eigenvalue weighted by Crippen LogP contribution is 2.28. The molecule has 0 aliphatic heterocycles. The Bertz CT molecular complexity index is 603. The number of carboxylic acid groups (broad SMARTS) is 1. The number of hydrogen-bond donors (Lipinski definition) is 2. The van der Waals surface area contributed by atoms with Crippen molar-refractivity contribution < 1.29 is 22.7 Å². The third-order valence-corrected chi connectivity index (χ3v) is 5.69. The SMILES string of the molecule is CC(C)C(C)(C)CNS(=O)(=O)c1cc(C(=O)O)oc1Br. The van der Waals surface area contributed by atoms with Crippen LogP contribution in [0.4, 0.5) is 0 Å². The standard InChI is InChI=1S/C12H18BrNO5S/c1-7(2)12(3,4)6-14-20(17,18)9-5-8(11(15)16)19-10(9)13/h5,7,14H,6H2,1-4H3,(H,15,16). The first-order valence-corrected chi connectivity index (χ1v) is 8.27. The van der Waals surface area contributed by atoms with Crippen LogP contribution in [0.3, 0.4) is 0 Å². The molecule has 1 aromatic heterocycles. The number of nitrogens with one attached hydrogen (secondary N) is 1. The van der Waals surface area contributed by atoms with Crippen LogP contribution in [0.5, 0.6) is 0 Å². The third-order valence-electron chi connectivity index (χ3n) is 3.44. The van der Waals surface area contributed by atoms with Crippen molar-refractivity contribution in [2.24, 2.45) is 11.3 Å². The molecule has 114 valence electrons. The number of furan rings is 1. The summed E-state index contributed by atoms with van der Waals surface area (Å²) in [5, 5.41) is 8.79. The molecule has 0 fully saturated rings. The second-order valence-electron chi connectivity index (χ2n) is 5.52. The molecule has 0 atom stereocenters. The minimum atomic E-state index is -3.82. The maximum atomic E-state index is 12.2. The van der Waals surface area contributed by atoms with Crippen LogP contribution in [0.15, 0.2) is 20.0 Å². The van der Waals surface area contributed by atoms with Gasteiger partial charge >= 0.3 is 5.97 Å². The fourth-order valence-corrected chi connectivity index (χ4v) is 3.36. The molecule has 0 bridgehead atoms. The van der Waals surface area contributed by atoms with Crippen LogP contribution in [0.2, 0.25) is 0 Å². The van der Waals surface area contributed by atoms with Gasteiger partial charge in [0.05, 0.1) is 0 Å². The van der Waals surface area contributed by atoms with Crippen molar-refractivity contribution in [2.45, 2.75) is 32.6 Å². The van der Waals surface area contributed by atoms with Gasteiger partial charge in [-0.2, -0.15) is 0 Å². The molecule has 0 saturated carbocycles. The Morgan fingerprint density at radius 1 is 1.50 bits per heavy atom. The summed E-state index contributed by atoms with van der Waals surface area (Å²) in [5.41, 5.74) is -0.223. The Kier molecular flexibility index (Phi) is 5.04. The van der Waals surface area contributed by atoms with E-state index in [1.54, 1.807) is 0 Å². The largest absolute Gasteiger partial charge is 0.475 e. The van der Waals surface area contributed by atoms with Crippen molar-refractivity contribution in [3.8, 4) is 0 Å². The lowest BCUT2D eigenvalue weighted by atomic mass is 9.81. The molecule has 1 rings (SSSR count). The molecule has 0 spiro atoms. The second kappa shape index (κ2) is 5.87. The number of aromatic carboxylic acids is 1. The average Bonchev–Trinajstić information content (AvgIpc) is 2.70. The number of hydrogen-bond acceptors (Lipinski definition) is 4. The van der Waals surface area contributed by atoms with E-state index in [0.29, 0.717) is 0 Å². The quantitative estimate of drug-likeness (QED) is 0.805. The van der Waals surface area contributed by atoms with Crippen LogP contribution in [-0.2, 0) is 10.0 Å². The van der Waals surface area contributed by atoms with E-state index < -0.39 is 21.8 Å². The third kappa shape index (κ3) is 3.83. The van der Waals surface area contributed by atoms with Crippen molar-refractivity contribution in [3.63, 3.8) is 0 Å². The van der Waals surface area contributed by atoms with Gasteiger partial charge in [0.15, 0.2) is 4.67 Å². The Labute approximate surface area is 126 Å². The first-order valence-electron chi connectivity index (χ1n) is 5.99. The van der Waals surface area contributed by atoms with Gasteiger partial charge in [-0.3, -0.25) is 0 Å². The van der Waals surface area contributed by atoms with E-state index in [9.17, 15) is 13.2 Å². The van der Waals surface area contributed by atoms with Crippen molar-refractivity contribution in [1.29, 1.82) is 0 Å². The molecule has 0 aliphatic carbocycles. The molecule has 0 unspecified atom stereocenters. The topological polar surface area (TPSA) is 96.6 Å². The molecule has 6 nitrogen and oxygen atoms in total. The van der Waals surface area contributed by atoms with Crippen molar-refractivity contribution >= 4 is 31.9 Å². The first kappa shape index (κ1) is 17.2. The van der Waals surface area contributed by atoms with E-state index in [4.69, 9.17) is 9.52 Å².